The number of halogens is 1. The van der Waals surface area contributed by atoms with Crippen LogP contribution < -0.4 is 5.32 Å². The number of non-ortho nitro benzene ring substituents is 1. The first kappa shape index (κ1) is 15.4. The molecule has 4 aliphatic rings. The lowest BCUT2D eigenvalue weighted by Gasteiger charge is -2.54. The summed E-state index contributed by atoms with van der Waals surface area (Å²) in [5, 5.41) is 14.2. The first-order chi connectivity index (χ1) is 11.0. The van der Waals surface area contributed by atoms with Gasteiger partial charge < -0.3 is 5.32 Å². The van der Waals surface area contributed by atoms with Crippen LogP contribution in [0, 0.1) is 37.4 Å². The van der Waals surface area contributed by atoms with Crippen LogP contribution in [-0.2, 0) is 0 Å². The number of rotatable bonds is 3. The highest BCUT2D eigenvalue weighted by Gasteiger charge is 2.48. The van der Waals surface area contributed by atoms with E-state index in [1.165, 1.54) is 44.2 Å². The zero-order chi connectivity index (χ0) is 16.1. The minimum Gasteiger partial charge on any atom is -0.349 e. The van der Waals surface area contributed by atoms with E-state index in [1.807, 2.05) is 0 Å². The standard InChI is InChI=1S/C17H19IN2O3/c18-15-2-1-13(20(22)23)8-14(15)17(21)19-16-11-4-9-3-10(6-11)7-12(16)5-9/h1-2,8-12,16H,3-7H2,(H,19,21). The molecular formula is C17H19IN2O3. The summed E-state index contributed by atoms with van der Waals surface area (Å²) in [6.45, 7) is 0. The van der Waals surface area contributed by atoms with Gasteiger partial charge in [-0.25, -0.2) is 0 Å². The number of nitro groups is 1. The van der Waals surface area contributed by atoms with Gasteiger partial charge in [-0.3, -0.25) is 14.9 Å². The highest BCUT2D eigenvalue weighted by Crippen LogP contribution is 2.53. The maximum absolute atomic E-state index is 12.7. The maximum atomic E-state index is 12.7. The Morgan fingerprint density at radius 2 is 1.74 bits per heavy atom. The van der Waals surface area contributed by atoms with Crippen molar-refractivity contribution in [2.75, 3.05) is 0 Å². The van der Waals surface area contributed by atoms with Gasteiger partial charge in [-0.05, 0) is 84.4 Å². The number of carbonyl (C=O) groups excluding carboxylic acids is 1. The van der Waals surface area contributed by atoms with Crippen LogP contribution in [-0.4, -0.2) is 16.9 Å². The summed E-state index contributed by atoms with van der Waals surface area (Å²) in [7, 11) is 0. The normalized spacial score (nSPS) is 34.4. The molecule has 5 rings (SSSR count). The van der Waals surface area contributed by atoms with Crippen molar-refractivity contribution in [3.63, 3.8) is 0 Å². The van der Waals surface area contributed by atoms with E-state index < -0.39 is 4.92 Å². The summed E-state index contributed by atoms with van der Waals surface area (Å²) in [6, 6.07) is 4.74. The van der Waals surface area contributed by atoms with E-state index in [2.05, 4.69) is 27.9 Å². The predicted molar refractivity (Wildman–Crippen MR) is 94.1 cm³/mol. The van der Waals surface area contributed by atoms with Crippen LogP contribution in [0.4, 0.5) is 5.69 Å². The fourth-order valence-corrected chi connectivity index (χ4v) is 5.77. The number of carbonyl (C=O) groups is 1. The summed E-state index contributed by atoms with van der Waals surface area (Å²) in [5.41, 5.74) is 0.397. The number of nitrogens with zero attached hydrogens (tertiary/aromatic N) is 1. The molecule has 4 saturated carbocycles. The van der Waals surface area contributed by atoms with Crippen molar-refractivity contribution in [2.45, 2.75) is 38.1 Å². The Kier molecular flexibility index (Phi) is 3.82. The molecule has 4 fully saturated rings. The molecular weight excluding hydrogens is 407 g/mol. The molecule has 1 aromatic rings. The molecule has 6 heteroatoms. The Balaban J connectivity index is 1.54. The van der Waals surface area contributed by atoms with Gasteiger partial charge in [-0.1, -0.05) is 0 Å². The first-order valence-electron chi connectivity index (χ1n) is 8.26. The molecule has 1 amide bonds. The van der Waals surface area contributed by atoms with Crippen LogP contribution in [0.3, 0.4) is 0 Å². The number of nitrogens with one attached hydrogen (secondary N) is 1. The Hall–Kier alpha value is -1.18. The van der Waals surface area contributed by atoms with Gasteiger partial charge in [0.05, 0.1) is 10.5 Å². The van der Waals surface area contributed by atoms with Crippen LogP contribution in [0.25, 0.3) is 0 Å². The average molecular weight is 426 g/mol. The molecule has 0 saturated heterocycles. The Morgan fingerprint density at radius 1 is 1.13 bits per heavy atom. The minimum absolute atomic E-state index is 0.0272. The van der Waals surface area contributed by atoms with E-state index in [0.717, 1.165) is 15.4 Å². The lowest BCUT2D eigenvalue weighted by Crippen LogP contribution is -2.55. The van der Waals surface area contributed by atoms with Crippen molar-refractivity contribution in [3.8, 4) is 0 Å². The van der Waals surface area contributed by atoms with E-state index in [1.54, 1.807) is 6.07 Å². The van der Waals surface area contributed by atoms with Gasteiger partial charge in [0.25, 0.3) is 11.6 Å². The highest BCUT2D eigenvalue weighted by atomic mass is 127. The number of nitro benzene ring substituents is 1. The molecule has 4 aliphatic carbocycles. The quantitative estimate of drug-likeness (QED) is 0.455. The van der Waals surface area contributed by atoms with Gasteiger partial charge in [0.2, 0.25) is 0 Å². The second-order valence-electron chi connectivity index (χ2n) is 7.35. The molecule has 4 bridgehead atoms. The number of benzene rings is 1. The van der Waals surface area contributed by atoms with Gasteiger partial charge >= 0.3 is 0 Å². The van der Waals surface area contributed by atoms with E-state index in [9.17, 15) is 14.9 Å². The van der Waals surface area contributed by atoms with Crippen molar-refractivity contribution in [1.29, 1.82) is 0 Å². The molecule has 0 spiro atoms. The fourth-order valence-electron chi connectivity index (χ4n) is 5.19. The predicted octanol–water partition coefficient (Wildman–Crippen LogP) is 3.75. The minimum atomic E-state index is -0.449. The van der Waals surface area contributed by atoms with Crippen LogP contribution in [0.15, 0.2) is 18.2 Å². The molecule has 0 radical (unpaired) electrons. The van der Waals surface area contributed by atoms with Crippen molar-refractivity contribution in [1.82, 2.24) is 5.32 Å². The molecule has 1 N–H and O–H groups in total. The molecule has 122 valence electrons. The Morgan fingerprint density at radius 3 is 2.30 bits per heavy atom. The molecule has 0 aliphatic heterocycles. The lowest BCUT2D eigenvalue weighted by atomic mass is 9.54. The third-order valence-electron chi connectivity index (χ3n) is 5.93. The Bertz CT molecular complexity index is 648. The van der Waals surface area contributed by atoms with E-state index in [4.69, 9.17) is 0 Å². The van der Waals surface area contributed by atoms with Crippen LogP contribution in [0.2, 0.25) is 0 Å². The van der Waals surface area contributed by atoms with Crippen molar-refractivity contribution in [2.24, 2.45) is 23.7 Å². The van der Waals surface area contributed by atoms with Gasteiger partial charge in [0.1, 0.15) is 0 Å². The number of amides is 1. The zero-order valence-corrected chi connectivity index (χ0v) is 14.9. The fraction of sp³-hybridized carbons (Fsp3) is 0.588. The summed E-state index contributed by atoms with van der Waals surface area (Å²) >= 11 is 2.07. The summed E-state index contributed by atoms with van der Waals surface area (Å²) in [4.78, 5) is 23.2. The highest BCUT2D eigenvalue weighted by molar-refractivity contribution is 14.1. The largest absolute Gasteiger partial charge is 0.349 e. The molecule has 0 atom stereocenters. The van der Waals surface area contributed by atoms with Crippen molar-refractivity contribution < 1.29 is 9.72 Å². The second-order valence-corrected chi connectivity index (χ2v) is 8.51. The Labute approximate surface area is 148 Å². The monoisotopic (exact) mass is 426 g/mol. The van der Waals surface area contributed by atoms with E-state index in [-0.39, 0.29) is 17.6 Å². The summed E-state index contributed by atoms with van der Waals surface area (Å²) in [6.07, 6.45) is 6.35. The molecule has 23 heavy (non-hydrogen) atoms. The summed E-state index contributed by atoms with van der Waals surface area (Å²) < 4.78 is 0.759. The topological polar surface area (TPSA) is 72.2 Å². The number of hydrogen-bond donors (Lipinski definition) is 1. The van der Waals surface area contributed by atoms with Crippen LogP contribution in [0.5, 0.6) is 0 Å². The van der Waals surface area contributed by atoms with E-state index in [0.29, 0.717) is 17.4 Å². The molecule has 0 aromatic heterocycles. The summed E-state index contributed by atoms with van der Waals surface area (Å²) in [5.74, 6) is 2.78. The molecule has 0 heterocycles. The molecule has 5 nitrogen and oxygen atoms in total. The maximum Gasteiger partial charge on any atom is 0.270 e. The van der Waals surface area contributed by atoms with Gasteiger partial charge in [-0.15, -0.1) is 0 Å². The van der Waals surface area contributed by atoms with Gasteiger partial charge in [0, 0.05) is 21.7 Å². The van der Waals surface area contributed by atoms with Crippen LogP contribution in [0.1, 0.15) is 42.5 Å². The molecule has 0 unspecified atom stereocenters. The van der Waals surface area contributed by atoms with Gasteiger partial charge in [0.15, 0.2) is 0 Å². The SMILES string of the molecule is O=C(NC1C2CC3CC(C2)CC1C3)c1cc([N+](=O)[O-])ccc1I. The first-order valence-corrected chi connectivity index (χ1v) is 9.34. The average Bonchev–Trinajstić information content (AvgIpc) is 2.50. The number of hydrogen-bond acceptors (Lipinski definition) is 3. The van der Waals surface area contributed by atoms with E-state index >= 15 is 0 Å². The van der Waals surface area contributed by atoms with Gasteiger partial charge in [-0.2, -0.15) is 0 Å². The second kappa shape index (κ2) is 5.72. The van der Waals surface area contributed by atoms with Crippen molar-refractivity contribution >= 4 is 34.2 Å². The zero-order valence-electron chi connectivity index (χ0n) is 12.7. The van der Waals surface area contributed by atoms with Crippen LogP contribution >= 0.6 is 22.6 Å². The third kappa shape index (κ3) is 2.75. The third-order valence-corrected chi connectivity index (χ3v) is 6.87. The lowest BCUT2D eigenvalue weighted by molar-refractivity contribution is -0.384. The molecule has 1 aromatic carbocycles. The smallest absolute Gasteiger partial charge is 0.270 e. The van der Waals surface area contributed by atoms with Crippen molar-refractivity contribution in [3.05, 3.63) is 37.4 Å².